The SMILES string of the molecule is COc1ccc([C@H]2CC[C@H](CNc3cccc(-c4cnn(C5CC5)c4)c3)CC2)cc1Cl. The fraction of sp³-hybridized carbons (Fsp3) is 0.423. The van der Waals surface area contributed by atoms with Crippen LogP contribution in [0.3, 0.4) is 0 Å². The molecule has 0 amide bonds. The van der Waals surface area contributed by atoms with Gasteiger partial charge in [-0.3, -0.25) is 4.68 Å². The largest absolute Gasteiger partial charge is 0.495 e. The summed E-state index contributed by atoms with van der Waals surface area (Å²) >= 11 is 6.33. The van der Waals surface area contributed by atoms with Crippen molar-refractivity contribution in [3.8, 4) is 16.9 Å². The van der Waals surface area contributed by atoms with Crippen molar-refractivity contribution >= 4 is 17.3 Å². The molecule has 31 heavy (non-hydrogen) atoms. The van der Waals surface area contributed by atoms with E-state index in [1.54, 1.807) is 7.11 Å². The average molecular weight is 436 g/mol. The molecule has 2 fully saturated rings. The molecule has 0 bridgehead atoms. The number of ether oxygens (including phenoxy) is 1. The summed E-state index contributed by atoms with van der Waals surface area (Å²) in [6.07, 6.45) is 11.6. The van der Waals surface area contributed by atoms with Gasteiger partial charge in [0, 0.05) is 24.0 Å². The molecule has 0 aliphatic heterocycles. The van der Waals surface area contributed by atoms with Crippen LogP contribution in [0, 0.1) is 5.92 Å². The summed E-state index contributed by atoms with van der Waals surface area (Å²) in [5.41, 5.74) is 4.98. The molecule has 2 aliphatic rings. The summed E-state index contributed by atoms with van der Waals surface area (Å²) in [6.45, 7) is 1.03. The Morgan fingerprint density at radius 1 is 1.03 bits per heavy atom. The maximum Gasteiger partial charge on any atom is 0.137 e. The van der Waals surface area contributed by atoms with Crippen molar-refractivity contribution in [3.63, 3.8) is 0 Å². The van der Waals surface area contributed by atoms with Gasteiger partial charge in [0.05, 0.1) is 24.4 Å². The van der Waals surface area contributed by atoms with Crippen molar-refractivity contribution in [2.75, 3.05) is 19.0 Å². The molecule has 3 aromatic rings. The number of halogens is 1. The molecule has 1 heterocycles. The molecule has 1 N–H and O–H groups in total. The normalized spacial score (nSPS) is 21.1. The number of hydrogen-bond donors (Lipinski definition) is 1. The maximum atomic E-state index is 6.33. The van der Waals surface area contributed by atoms with E-state index in [1.165, 1.54) is 60.9 Å². The van der Waals surface area contributed by atoms with Gasteiger partial charge in [0.1, 0.15) is 5.75 Å². The van der Waals surface area contributed by atoms with Crippen LogP contribution in [0.15, 0.2) is 54.9 Å². The minimum Gasteiger partial charge on any atom is -0.495 e. The molecule has 0 atom stereocenters. The molecule has 1 aromatic heterocycles. The molecule has 0 saturated heterocycles. The monoisotopic (exact) mass is 435 g/mol. The first-order valence-electron chi connectivity index (χ1n) is 11.4. The minimum atomic E-state index is 0.603. The van der Waals surface area contributed by atoms with Crippen molar-refractivity contribution in [2.24, 2.45) is 5.92 Å². The van der Waals surface area contributed by atoms with E-state index in [1.807, 2.05) is 12.3 Å². The molecule has 5 rings (SSSR count). The Labute approximate surface area is 189 Å². The average Bonchev–Trinajstić information content (AvgIpc) is 3.54. The van der Waals surface area contributed by atoms with Crippen LogP contribution >= 0.6 is 11.6 Å². The molecule has 2 saturated carbocycles. The van der Waals surface area contributed by atoms with Gasteiger partial charge in [0.15, 0.2) is 0 Å². The third-order valence-electron chi connectivity index (χ3n) is 6.81. The van der Waals surface area contributed by atoms with E-state index in [4.69, 9.17) is 16.3 Å². The predicted octanol–water partition coefficient (Wildman–Crippen LogP) is 6.93. The molecule has 5 heteroatoms. The highest BCUT2D eigenvalue weighted by Gasteiger charge is 2.25. The standard InChI is InChI=1S/C26H30ClN3O/c1-31-26-12-9-21(14-25(26)27)19-7-5-18(6-8-19)15-28-23-4-2-3-20(13-23)22-16-29-30(17-22)24-10-11-24/h2-4,9,12-14,16-19,24,28H,5-8,10-11,15H2,1H3/t18-,19-. The van der Waals surface area contributed by atoms with Gasteiger partial charge in [-0.1, -0.05) is 29.8 Å². The predicted molar refractivity (Wildman–Crippen MR) is 127 cm³/mol. The highest BCUT2D eigenvalue weighted by atomic mass is 35.5. The van der Waals surface area contributed by atoms with E-state index in [0.29, 0.717) is 22.9 Å². The van der Waals surface area contributed by atoms with Crippen LogP contribution in [0.2, 0.25) is 5.02 Å². The second-order valence-corrected chi connectivity index (χ2v) is 9.42. The molecule has 0 spiro atoms. The molecular formula is C26H30ClN3O. The summed E-state index contributed by atoms with van der Waals surface area (Å²) in [6, 6.07) is 15.6. The van der Waals surface area contributed by atoms with Gasteiger partial charge in [-0.2, -0.15) is 5.10 Å². The van der Waals surface area contributed by atoms with E-state index in [9.17, 15) is 0 Å². The maximum absolute atomic E-state index is 6.33. The first-order chi connectivity index (χ1) is 15.2. The summed E-state index contributed by atoms with van der Waals surface area (Å²) in [5, 5.41) is 8.93. The number of aromatic nitrogens is 2. The number of methoxy groups -OCH3 is 1. The lowest BCUT2D eigenvalue weighted by Gasteiger charge is -2.29. The Kier molecular flexibility index (Phi) is 5.91. The van der Waals surface area contributed by atoms with Crippen LogP contribution in [0.4, 0.5) is 5.69 Å². The van der Waals surface area contributed by atoms with E-state index in [2.05, 4.69) is 57.7 Å². The van der Waals surface area contributed by atoms with Crippen LogP contribution in [-0.4, -0.2) is 23.4 Å². The number of nitrogens with zero attached hydrogens (tertiary/aromatic N) is 2. The van der Waals surface area contributed by atoms with Gasteiger partial charge in [0.2, 0.25) is 0 Å². The first-order valence-corrected chi connectivity index (χ1v) is 11.8. The van der Waals surface area contributed by atoms with Crippen LogP contribution < -0.4 is 10.1 Å². The van der Waals surface area contributed by atoms with E-state index < -0.39 is 0 Å². The van der Waals surface area contributed by atoms with Crippen molar-refractivity contribution in [1.29, 1.82) is 0 Å². The molecule has 2 aliphatic carbocycles. The number of anilines is 1. The third kappa shape index (κ3) is 4.74. The molecular weight excluding hydrogens is 406 g/mol. The molecule has 4 nitrogen and oxygen atoms in total. The second-order valence-electron chi connectivity index (χ2n) is 9.01. The number of benzene rings is 2. The Hall–Kier alpha value is -2.46. The van der Waals surface area contributed by atoms with Crippen LogP contribution in [-0.2, 0) is 0 Å². The Morgan fingerprint density at radius 3 is 2.61 bits per heavy atom. The summed E-state index contributed by atoms with van der Waals surface area (Å²) in [4.78, 5) is 0. The van der Waals surface area contributed by atoms with Gasteiger partial charge in [-0.25, -0.2) is 0 Å². The Bertz CT molecular complexity index is 1030. The fourth-order valence-electron chi connectivity index (χ4n) is 4.73. The molecule has 0 unspecified atom stereocenters. The highest BCUT2D eigenvalue weighted by Crippen LogP contribution is 2.38. The zero-order valence-electron chi connectivity index (χ0n) is 18.1. The zero-order valence-corrected chi connectivity index (χ0v) is 18.8. The fourth-order valence-corrected chi connectivity index (χ4v) is 5.00. The zero-order chi connectivity index (χ0) is 21.2. The minimum absolute atomic E-state index is 0.603. The van der Waals surface area contributed by atoms with Crippen molar-refractivity contribution in [1.82, 2.24) is 9.78 Å². The van der Waals surface area contributed by atoms with Gasteiger partial charge >= 0.3 is 0 Å². The molecule has 2 aromatic carbocycles. The lowest BCUT2D eigenvalue weighted by molar-refractivity contribution is 0.338. The van der Waals surface area contributed by atoms with Gasteiger partial charge in [-0.05, 0) is 85.8 Å². The van der Waals surface area contributed by atoms with Crippen molar-refractivity contribution in [3.05, 3.63) is 65.4 Å². The van der Waals surface area contributed by atoms with Crippen molar-refractivity contribution in [2.45, 2.75) is 50.5 Å². The Balaban J connectivity index is 1.15. The van der Waals surface area contributed by atoms with Crippen LogP contribution in [0.25, 0.3) is 11.1 Å². The summed E-state index contributed by atoms with van der Waals surface area (Å²) in [5.74, 6) is 2.07. The lowest BCUT2D eigenvalue weighted by atomic mass is 9.78. The van der Waals surface area contributed by atoms with E-state index >= 15 is 0 Å². The highest BCUT2D eigenvalue weighted by molar-refractivity contribution is 6.32. The second kappa shape index (κ2) is 8.96. The molecule has 162 valence electrons. The lowest BCUT2D eigenvalue weighted by Crippen LogP contribution is -2.20. The topological polar surface area (TPSA) is 39.1 Å². The number of rotatable bonds is 7. The summed E-state index contributed by atoms with van der Waals surface area (Å²) < 4.78 is 7.40. The first kappa shape index (κ1) is 20.4. The van der Waals surface area contributed by atoms with Gasteiger partial charge in [0.25, 0.3) is 0 Å². The molecule has 0 radical (unpaired) electrons. The van der Waals surface area contributed by atoms with Gasteiger partial charge in [-0.15, -0.1) is 0 Å². The van der Waals surface area contributed by atoms with Crippen molar-refractivity contribution < 1.29 is 4.74 Å². The number of hydrogen-bond acceptors (Lipinski definition) is 3. The quantitative estimate of drug-likeness (QED) is 0.437. The van der Waals surface area contributed by atoms with Crippen LogP contribution in [0.1, 0.15) is 56.0 Å². The van der Waals surface area contributed by atoms with E-state index in [-0.39, 0.29) is 0 Å². The summed E-state index contributed by atoms with van der Waals surface area (Å²) in [7, 11) is 1.66. The van der Waals surface area contributed by atoms with E-state index in [0.717, 1.165) is 12.3 Å². The third-order valence-corrected chi connectivity index (χ3v) is 7.10. The van der Waals surface area contributed by atoms with Crippen LogP contribution in [0.5, 0.6) is 5.75 Å². The number of nitrogens with one attached hydrogen (secondary N) is 1. The Morgan fingerprint density at radius 2 is 1.87 bits per heavy atom. The smallest absolute Gasteiger partial charge is 0.137 e. The van der Waals surface area contributed by atoms with Gasteiger partial charge < -0.3 is 10.1 Å².